The second-order valence-corrected chi connectivity index (χ2v) is 5.40. The standard InChI is InChI=1S/C12H20ClN3O/c1-10(2)16-11(14-9-15-16)7-12(8-13)3-5-17-6-4-12/h9-10H,3-8H2,1-2H3. The fourth-order valence-electron chi connectivity index (χ4n) is 2.33. The lowest BCUT2D eigenvalue weighted by Crippen LogP contribution is -2.34. The molecule has 2 rings (SSSR count). The molecule has 1 aromatic heterocycles. The van der Waals surface area contributed by atoms with Crippen LogP contribution in [0.2, 0.25) is 0 Å². The van der Waals surface area contributed by atoms with Crippen LogP contribution in [-0.4, -0.2) is 33.9 Å². The van der Waals surface area contributed by atoms with Gasteiger partial charge in [0.15, 0.2) is 0 Å². The zero-order chi connectivity index (χ0) is 12.3. The summed E-state index contributed by atoms with van der Waals surface area (Å²) in [6.07, 6.45) is 4.57. The molecule has 0 amide bonds. The quantitative estimate of drug-likeness (QED) is 0.778. The maximum absolute atomic E-state index is 6.17. The molecule has 1 saturated heterocycles. The first-order chi connectivity index (χ1) is 8.17. The van der Waals surface area contributed by atoms with Crippen molar-refractivity contribution >= 4 is 11.6 Å². The van der Waals surface area contributed by atoms with Crippen molar-refractivity contribution in [3.8, 4) is 0 Å². The van der Waals surface area contributed by atoms with Crippen molar-refractivity contribution in [3.05, 3.63) is 12.2 Å². The highest BCUT2D eigenvalue weighted by Gasteiger charge is 2.33. The van der Waals surface area contributed by atoms with Gasteiger partial charge < -0.3 is 4.74 Å². The Morgan fingerprint density at radius 1 is 1.47 bits per heavy atom. The van der Waals surface area contributed by atoms with E-state index in [2.05, 4.69) is 23.9 Å². The van der Waals surface area contributed by atoms with Crippen molar-refractivity contribution < 1.29 is 4.74 Å². The number of hydrogen-bond acceptors (Lipinski definition) is 3. The van der Waals surface area contributed by atoms with Crippen LogP contribution < -0.4 is 0 Å². The van der Waals surface area contributed by atoms with Crippen molar-refractivity contribution in [2.24, 2.45) is 5.41 Å². The van der Waals surface area contributed by atoms with Gasteiger partial charge in [-0.15, -0.1) is 11.6 Å². The summed E-state index contributed by atoms with van der Waals surface area (Å²) >= 11 is 6.17. The molecule has 1 aliphatic rings. The van der Waals surface area contributed by atoms with Gasteiger partial charge in [0.25, 0.3) is 0 Å². The molecule has 1 fully saturated rings. The van der Waals surface area contributed by atoms with E-state index in [1.54, 1.807) is 6.33 Å². The van der Waals surface area contributed by atoms with Crippen LogP contribution in [-0.2, 0) is 11.2 Å². The van der Waals surface area contributed by atoms with E-state index in [0.717, 1.165) is 38.3 Å². The Balaban J connectivity index is 2.14. The number of halogens is 1. The second-order valence-electron chi connectivity index (χ2n) is 5.14. The average molecular weight is 258 g/mol. The van der Waals surface area contributed by atoms with Gasteiger partial charge in [0.2, 0.25) is 0 Å². The Kier molecular flexibility index (Phi) is 4.05. The van der Waals surface area contributed by atoms with Crippen LogP contribution in [0.15, 0.2) is 6.33 Å². The first-order valence-corrected chi connectivity index (χ1v) is 6.72. The Labute approximate surface area is 107 Å². The maximum Gasteiger partial charge on any atom is 0.138 e. The topological polar surface area (TPSA) is 39.9 Å². The van der Waals surface area contributed by atoms with Gasteiger partial charge in [0.1, 0.15) is 12.2 Å². The molecule has 17 heavy (non-hydrogen) atoms. The summed E-state index contributed by atoms with van der Waals surface area (Å²) in [4.78, 5) is 4.38. The zero-order valence-corrected chi connectivity index (χ0v) is 11.3. The number of aromatic nitrogens is 3. The molecule has 1 aliphatic heterocycles. The number of rotatable bonds is 4. The summed E-state index contributed by atoms with van der Waals surface area (Å²) in [7, 11) is 0. The molecule has 0 bridgehead atoms. The molecule has 2 heterocycles. The van der Waals surface area contributed by atoms with Gasteiger partial charge in [-0.05, 0) is 32.1 Å². The highest BCUT2D eigenvalue weighted by molar-refractivity contribution is 6.18. The van der Waals surface area contributed by atoms with Crippen LogP contribution in [0.5, 0.6) is 0 Å². The van der Waals surface area contributed by atoms with E-state index in [-0.39, 0.29) is 5.41 Å². The summed E-state index contributed by atoms with van der Waals surface area (Å²) in [6, 6.07) is 0.347. The van der Waals surface area contributed by atoms with E-state index in [9.17, 15) is 0 Å². The fourth-order valence-corrected chi connectivity index (χ4v) is 2.69. The maximum atomic E-state index is 6.17. The van der Waals surface area contributed by atoms with E-state index < -0.39 is 0 Å². The van der Waals surface area contributed by atoms with Crippen LogP contribution in [0.3, 0.4) is 0 Å². The molecule has 5 heteroatoms. The lowest BCUT2D eigenvalue weighted by Gasteiger charge is -2.35. The third kappa shape index (κ3) is 2.80. The van der Waals surface area contributed by atoms with E-state index in [0.29, 0.717) is 11.9 Å². The molecule has 1 aromatic rings. The second kappa shape index (κ2) is 5.36. The molecule has 0 radical (unpaired) electrons. The molecule has 0 spiro atoms. The molecule has 0 atom stereocenters. The SMILES string of the molecule is CC(C)n1ncnc1CC1(CCl)CCOCC1. The Hall–Kier alpha value is -0.610. The smallest absolute Gasteiger partial charge is 0.138 e. The van der Waals surface area contributed by atoms with E-state index in [4.69, 9.17) is 16.3 Å². The molecular formula is C12H20ClN3O. The van der Waals surface area contributed by atoms with Gasteiger partial charge in [0.05, 0.1) is 0 Å². The van der Waals surface area contributed by atoms with Gasteiger partial charge in [-0.1, -0.05) is 0 Å². The van der Waals surface area contributed by atoms with E-state index in [1.165, 1.54) is 0 Å². The van der Waals surface area contributed by atoms with Gasteiger partial charge in [-0.3, -0.25) is 0 Å². The van der Waals surface area contributed by atoms with Gasteiger partial charge >= 0.3 is 0 Å². The van der Waals surface area contributed by atoms with Crippen molar-refractivity contribution in [2.75, 3.05) is 19.1 Å². The van der Waals surface area contributed by atoms with Crippen molar-refractivity contribution in [3.63, 3.8) is 0 Å². The predicted molar refractivity (Wildman–Crippen MR) is 67.3 cm³/mol. The lowest BCUT2D eigenvalue weighted by molar-refractivity contribution is 0.0243. The molecular weight excluding hydrogens is 238 g/mol. The van der Waals surface area contributed by atoms with Gasteiger partial charge in [-0.25, -0.2) is 9.67 Å². The molecule has 0 aliphatic carbocycles. The third-order valence-corrected chi connectivity index (χ3v) is 4.07. The number of alkyl halides is 1. The minimum atomic E-state index is 0.138. The first-order valence-electron chi connectivity index (χ1n) is 6.19. The molecule has 4 nitrogen and oxygen atoms in total. The number of hydrogen-bond donors (Lipinski definition) is 0. The largest absolute Gasteiger partial charge is 0.381 e. The number of nitrogens with zero attached hydrogens (tertiary/aromatic N) is 3. The Morgan fingerprint density at radius 2 is 2.18 bits per heavy atom. The Bertz CT molecular complexity index is 358. The third-order valence-electron chi connectivity index (χ3n) is 3.51. The van der Waals surface area contributed by atoms with Gasteiger partial charge in [-0.2, -0.15) is 5.10 Å². The summed E-state index contributed by atoms with van der Waals surface area (Å²) in [5.41, 5.74) is 0.138. The zero-order valence-electron chi connectivity index (χ0n) is 10.5. The van der Waals surface area contributed by atoms with Crippen molar-refractivity contribution in [1.82, 2.24) is 14.8 Å². The van der Waals surface area contributed by atoms with Crippen LogP contribution in [0.25, 0.3) is 0 Å². The highest BCUT2D eigenvalue weighted by Crippen LogP contribution is 2.35. The first kappa shape index (κ1) is 12.8. The lowest BCUT2D eigenvalue weighted by atomic mass is 9.79. The monoisotopic (exact) mass is 257 g/mol. The summed E-state index contributed by atoms with van der Waals surface area (Å²) in [5, 5.41) is 4.28. The average Bonchev–Trinajstić information content (AvgIpc) is 2.78. The summed E-state index contributed by atoms with van der Waals surface area (Å²) < 4.78 is 7.41. The minimum absolute atomic E-state index is 0.138. The Morgan fingerprint density at radius 3 is 2.76 bits per heavy atom. The number of ether oxygens (including phenoxy) is 1. The predicted octanol–water partition coefficient (Wildman–Crippen LogP) is 2.44. The summed E-state index contributed by atoms with van der Waals surface area (Å²) in [6.45, 7) is 5.86. The summed E-state index contributed by atoms with van der Waals surface area (Å²) in [5.74, 6) is 1.71. The molecule has 0 unspecified atom stereocenters. The van der Waals surface area contributed by atoms with E-state index >= 15 is 0 Å². The molecule has 96 valence electrons. The fraction of sp³-hybridized carbons (Fsp3) is 0.833. The molecule has 0 N–H and O–H groups in total. The van der Waals surface area contributed by atoms with Crippen LogP contribution in [0.1, 0.15) is 38.6 Å². The van der Waals surface area contributed by atoms with Crippen LogP contribution in [0, 0.1) is 5.41 Å². The van der Waals surface area contributed by atoms with Crippen LogP contribution >= 0.6 is 11.6 Å². The normalized spacial score (nSPS) is 19.8. The van der Waals surface area contributed by atoms with Crippen molar-refractivity contribution in [1.29, 1.82) is 0 Å². The van der Waals surface area contributed by atoms with Crippen molar-refractivity contribution in [2.45, 2.75) is 39.2 Å². The van der Waals surface area contributed by atoms with Gasteiger partial charge in [0, 0.05) is 31.6 Å². The minimum Gasteiger partial charge on any atom is -0.381 e. The highest BCUT2D eigenvalue weighted by atomic mass is 35.5. The molecule has 0 aromatic carbocycles. The van der Waals surface area contributed by atoms with Crippen LogP contribution in [0.4, 0.5) is 0 Å². The van der Waals surface area contributed by atoms with E-state index in [1.807, 2.05) is 4.68 Å². The molecule has 0 saturated carbocycles.